The number of methoxy groups -OCH3 is 1. The summed E-state index contributed by atoms with van der Waals surface area (Å²) in [6.45, 7) is 4.89. The van der Waals surface area contributed by atoms with Gasteiger partial charge in [0.25, 0.3) is 0 Å². The number of fused-ring (bicyclic) bond motifs is 1. The Morgan fingerprint density at radius 2 is 1.92 bits per heavy atom. The molecule has 0 fully saturated rings. The summed E-state index contributed by atoms with van der Waals surface area (Å²) in [7, 11) is 1.66. The zero-order chi connectivity index (χ0) is 17.9. The molecule has 1 aliphatic rings. The second-order valence-corrected chi connectivity index (χ2v) is 6.96. The van der Waals surface area contributed by atoms with E-state index in [9.17, 15) is 5.11 Å². The SMILES string of the molecule is COC1Oc2cc(CCCO)c(OCc3ccccc3)cc2C1(C)C. The van der Waals surface area contributed by atoms with Gasteiger partial charge in [-0.05, 0) is 49.9 Å². The Hall–Kier alpha value is -2.04. The molecule has 1 N–H and O–H groups in total. The molecule has 0 aliphatic carbocycles. The van der Waals surface area contributed by atoms with Gasteiger partial charge in [0, 0.05) is 19.3 Å². The third-order valence-corrected chi connectivity index (χ3v) is 4.74. The molecule has 1 atom stereocenters. The summed E-state index contributed by atoms with van der Waals surface area (Å²) in [5, 5.41) is 9.19. The molecule has 2 aromatic carbocycles. The minimum absolute atomic E-state index is 0.155. The van der Waals surface area contributed by atoms with E-state index in [2.05, 4.69) is 32.0 Å². The highest BCUT2D eigenvalue weighted by molar-refractivity contribution is 5.52. The molecule has 0 saturated heterocycles. The molecule has 0 spiro atoms. The fourth-order valence-electron chi connectivity index (χ4n) is 3.27. The number of hydrogen-bond donors (Lipinski definition) is 1. The van der Waals surface area contributed by atoms with Crippen LogP contribution in [0.15, 0.2) is 42.5 Å². The molecule has 1 heterocycles. The van der Waals surface area contributed by atoms with Crippen molar-refractivity contribution in [2.45, 2.75) is 45.0 Å². The van der Waals surface area contributed by atoms with Crippen LogP contribution in [0.2, 0.25) is 0 Å². The molecule has 3 rings (SSSR count). The maximum atomic E-state index is 9.19. The minimum Gasteiger partial charge on any atom is -0.489 e. The quantitative estimate of drug-likeness (QED) is 0.831. The summed E-state index contributed by atoms with van der Waals surface area (Å²) >= 11 is 0. The molecular formula is C21H26O4. The third-order valence-electron chi connectivity index (χ3n) is 4.74. The third kappa shape index (κ3) is 3.65. The van der Waals surface area contributed by atoms with E-state index in [1.165, 1.54) is 0 Å². The molecule has 0 radical (unpaired) electrons. The number of rotatable bonds is 7. The van der Waals surface area contributed by atoms with Crippen molar-refractivity contribution in [1.82, 2.24) is 0 Å². The maximum Gasteiger partial charge on any atom is 0.208 e. The Morgan fingerprint density at radius 3 is 2.60 bits per heavy atom. The van der Waals surface area contributed by atoms with Crippen molar-refractivity contribution < 1.29 is 19.3 Å². The first kappa shape index (κ1) is 17.8. The fourth-order valence-corrected chi connectivity index (χ4v) is 3.27. The standard InChI is InChI=1S/C21H26O4/c1-21(2)17-13-18(24-14-15-8-5-4-6-9-15)16(10-7-11-22)12-19(17)25-20(21)23-3/h4-6,8-9,12-13,20,22H,7,10-11,14H2,1-3H3. The van der Waals surface area contributed by atoms with Crippen LogP contribution in [0, 0.1) is 0 Å². The van der Waals surface area contributed by atoms with Gasteiger partial charge in [-0.3, -0.25) is 0 Å². The molecule has 4 heteroatoms. The van der Waals surface area contributed by atoms with Crippen molar-refractivity contribution in [3.8, 4) is 11.5 Å². The molecule has 0 saturated carbocycles. The van der Waals surface area contributed by atoms with E-state index in [-0.39, 0.29) is 18.3 Å². The van der Waals surface area contributed by atoms with Gasteiger partial charge < -0.3 is 19.3 Å². The van der Waals surface area contributed by atoms with Gasteiger partial charge in [0.1, 0.15) is 18.1 Å². The van der Waals surface area contributed by atoms with Crippen molar-refractivity contribution in [3.63, 3.8) is 0 Å². The second-order valence-electron chi connectivity index (χ2n) is 6.96. The normalized spacial score (nSPS) is 17.8. The lowest BCUT2D eigenvalue weighted by Crippen LogP contribution is -2.33. The Kier molecular flexibility index (Phi) is 5.30. The monoisotopic (exact) mass is 342 g/mol. The first-order valence-corrected chi connectivity index (χ1v) is 8.70. The lowest BCUT2D eigenvalue weighted by atomic mass is 9.84. The lowest BCUT2D eigenvalue weighted by molar-refractivity contribution is -0.0779. The van der Waals surface area contributed by atoms with Gasteiger partial charge in [-0.1, -0.05) is 30.3 Å². The lowest BCUT2D eigenvalue weighted by Gasteiger charge is -2.24. The van der Waals surface area contributed by atoms with Crippen LogP contribution >= 0.6 is 0 Å². The first-order chi connectivity index (χ1) is 12.1. The Balaban J connectivity index is 1.90. The van der Waals surface area contributed by atoms with Gasteiger partial charge in [0.2, 0.25) is 6.29 Å². The van der Waals surface area contributed by atoms with Gasteiger partial charge in [-0.15, -0.1) is 0 Å². The number of ether oxygens (including phenoxy) is 3. The topological polar surface area (TPSA) is 47.9 Å². The highest BCUT2D eigenvalue weighted by Crippen LogP contribution is 2.46. The predicted molar refractivity (Wildman–Crippen MR) is 97.1 cm³/mol. The van der Waals surface area contributed by atoms with Gasteiger partial charge >= 0.3 is 0 Å². The van der Waals surface area contributed by atoms with Crippen LogP contribution in [0.5, 0.6) is 11.5 Å². The zero-order valence-electron chi connectivity index (χ0n) is 15.1. The summed E-state index contributed by atoms with van der Waals surface area (Å²) in [4.78, 5) is 0. The summed E-state index contributed by atoms with van der Waals surface area (Å²) in [6, 6.07) is 14.2. The summed E-state index contributed by atoms with van der Waals surface area (Å²) in [6.07, 6.45) is 1.13. The summed E-state index contributed by atoms with van der Waals surface area (Å²) < 4.78 is 17.6. The predicted octanol–water partition coefficient (Wildman–Crippen LogP) is 3.83. The minimum atomic E-state index is -0.308. The number of aryl methyl sites for hydroxylation is 1. The van der Waals surface area contributed by atoms with Gasteiger partial charge in [-0.2, -0.15) is 0 Å². The van der Waals surface area contributed by atoms with E-state index in [1.54, 1.807) is 7.11 Å². The number of benzene rings is 2. The summed E-state index contributed by atoms with van der Waals surface area (Å²) in [5.74, 6) is 1.70. The Labute approximate surface area is 149 Å². The largest absolute Gasteiger partial charge is 0.489 e. The Morgan fingerprint density at radius 1 is 1.16 bits per heavy atom. The van der Waals surface area contributed by atoms with Crippen molar-refractivity contribution in [2.75, 3.05) is 13.7 Å². The number of hydrogen-bond acceptors (Lipinski definition) is 4. The summed E-state index contributed by atoms with van der Waals surface area (Å²) in [5.41, 5.74) is 3.03. The van der Waals surface area contributed by atoms with Crippen LogP contribution in [0.3, 0.4) is 0 Å². The molecular weight excluding hydrogens is 316 g/mol. The van der Waals surface area contributed by atoms with E-state index in [0.29, 0.717) is 13.0 Å². The van der Waals surface area contributed by atoms with Crippen molar-refractivity contribution in [2.24, 2.45) is 0 Å². The number of aliphatic hydroxyl groups excluding tert-OH is 1. The van der Waals surface area contributed by atoms with Gasteiger partial charge in [0.15, 0.2) is 0 Å². The second kappa shape index (κ2) is 7.46. The van der Waals surface area contributed by atoms with Crippen LogP contribution in [-0.2, 0) is 23.2 Å². The maximum absolute atomic E-state index is 9.19. The molecule has 0 aromatic heterocycles. The van der Waals surface area contributed by atoms with Gasteiger partial charge in [-0.25, -0.2) is 0 Å². The smallest absolute Gasteiger partial charge is 0.208 e. The molecule has 2 aromatic rings. The van der Waals surface area contributed by atoms with Crippen molar-refractivity contribution >= 4 is 0 Å². The van der Waals surface area contributed by atoms with Crippen LogP contribution in [-0.4, -0.2) is 25.1 Å². The highest BCUT2D eigenvalue weighted by atomic mass is 16.7. The van der Waals surface area contributed by atoms with E-state index in [4.69, 9.17) is 14.2 Å². The molecule has 1 unspecified atom stereocenters. The van der Waals surface area contributed by atoms with Gasteiger partial charge in [0.05, 0.1) is 5.41 Å². The van der Waals surface area contributed by atoms with Crippen LogP contribution < -0.4 is 9.47 Å². The Bertz CT molecular complexity index is 709. The first-order valence-electron chi connectivity index (χ1n) is 8.70. The van der Waals surface area contributed by atoms with Crippen molar-refractivity contribution in [1.29, 1.82) is 0 Å². The van der Waals surface area contributed by atoms with Crippen molar-refractivity contribution in [3.05, 3.63) is 59.2 Å². The molecule has 4 nitrogen and oxygen atoms in total. The van der Waals surface area contributed by atoms with E-state index in [1.807, 2.05) is 24.3 Å². The van der Waals surface area contributed by atoms with Crippen LogP contribution in [0.25, 0.3) is 0 Å². The fraction of sp³-hybridized carbons (Fsp3) is 0.429. The molecule has 134 valence electrons. The molecule has 0 bridgehead atoms. The van der Waals surface area contributed by atoms with E-state index in [0.717, 1.165) is 34.6 Å². The zero-order valence-corrected chi connectivity index (χ0v) is 15.1. The van der Waals surface area contributed by atoms with E-state index >= 15 is 0 Å². The number of aliphatic hydroxyl groups is 1. The van der Waals surface area contributed by atoms with Crippen LogP contribution in [0.4, 0.5) is 0 Å². The molecule has 1 aliphatic heterocycles. The molecule has 0 amide bonds. The average molecular weight is 342 g/mol. The van der Waals surface area contributed by atoms with E-state index < -0.39 is 0 Å². The molecule has 25 heavy (non-hydrogen) atoms. The highest BCUT2D eigenvalue weighted by Gasteiger charge is 2.42. The average Bonchev–Trinajstić information content (AvgIpc) is 2.88. The van der Waals surface area contributed by atoms with Crippen LogP contribution in [0.1, 0.15) is 37.0 Å².